The highest BCUT2D eigenvalue weighted by Crippen LogP contribution is 2.23. The van der Waals surface area contributed by atoms with Crippen molar-refractivity contribution < 1.29 is 0 Å². The average molecular weight is 398 g/mol. The monoisotopic (exact) mass is 397 g/mol. The number of nitrogens with one attached hydrogen (secondary N) is 2. The van der Waals surface area contributed by atoms with Crippen molar-refractivity contribution >= 4 is 27.5 Å². The van der Waals surface area contributed by atoms with Gasteiger partial charge < -0.3 is 14.9 Å². The van der Waals surface area contributed by atoms with E-state index in [1.54, 1.807) is 0 Å². The average Bonchev–Trinajstić information content (AvgIpc) is 3.43. The van der Waals surface area contributed by atoms with Gasteiger partial charge in [-0.15, -0.1) is 0 Å². The Labute approximate surface area is 176 Å². The Morgan fingerprint density at radius 1 is 0.900 bits per heavy atom. The number of piperazine rings is 1. The van der Waals surface area contributed by atoms with Gasteiger partial charge in [-0.25, -0.2) is 0 Å². The Morgan fingerprint density at radius 2 is 1.77 bits per heavy atom. The number of nitriles is 1. The molecule has 2 aromatic carbocycles. The maximum atomic E-state index is 9.14. The lowest BCUT2D eigenvalue weighted by Crippen LogP contribution is -2.46. The van der Waals surface area contributed by atoms with Gasteiger partial charge >= 0.3 is 0 Å². The Balaban J connectivity index is 1.10. The molecule has 5 heteroatoms. The van der Waals surface area contributed by atoms with Crippen molar-refractivity contribution in [2.45, 2.75) is 19.3 Å². The van der Waals surface area contributed by atoms with Crippen LogP contribution in [0.15, 0.2) is 54.9 Å². The molecule has 0 aliphatic carbocycles. The van der Waals surface area contributed by atoms with Crippen LogP contribution in [0.25, 0.3) is 21.8 Å². The molecule has 0 amide bonds. The number of nitrogens with zero attached hydrogens (tertiary/aromatic N) is 3. The number of hydrogen-bond donors (Lipinski definition) is 2. The fourth-order valence-electron chi connectivity index (χ4n) is 4.57. The summed E-state index contributed by atoms with van der Waals surface area (Å²) in [5, 5.41) is 11.6. The quantitative estimate of drug-likeness (QED) is 0.465. The van der Waals surface area contributed by atoms with Gasteiger partial charge in [0, 0.05) is 66.1 Å². The minimum Gasteiger partial charge on any atom is -0.369 e. The summed E-state index contributed by atoms with van der Waals surface area (Å²) in [7, 11) is 0. The zero-order valence-corrected chi connectivity index (χ0v) is 17.2. The maximum absolute atomic E-state index is 9.14. The molecule has 5 nitrogen and oxygen atoms in total. The summed E-state index contributed by atoms with van der Waals surface area (Å²) in [4.78, 5) is 11.7. The third kappa shape index (κ3) is 3.79. The molecule has 30 heavy (non-hydrogen) atoms. The van der Waals surface area contributed by atoms with Crippen molar-refractivity contribution in [1.29, 1.82) is 5.26 Å². The smallest absolute Gasteiger partial charge is 0.0991 e. The number of aryl methyl sites for hydroxylation is 1. The highest BCUT2D eigenvalue weighted by atomic mass is 15.3. The zero-order chi connectivity index (χ0) is 20.3. The van der Waals surface area contributed by atoms with Gasteiger partial charge in [0.1, 0.15) is 0 Å². The first-order valence-corrected chi connectivity index (χ1v) is 10.8. The first-order chi connectivity index (χ1) is 14.8. The first-order valence-electron chi connectivity index (χ1n) is 10.8. The fourth-order valence-corrected chi connectivity index (χ4v) is 4.57. The van der Waals surface area contributed by atoms with Gasteiger partial charge in [0.05, 0.1) is 11.6 Å². The number of aromatic amines is 2. The van der Waals surface area contributed by atoms with Crippen LogP contribution in [0.1, 0.15) is 24.0 Å². The lowest BCUT2D eigenvalue weighted by molar-refractivity contribution is 0.253. The number of aromatic nitrogens is 2. The molecule has 3 heterocycles. The van der Waals surface area contributed by atoms with Crippen molar-refractivity contribution in [2.24, 2.45) is 0 Å². The molecule has 5 rings (SSSR count). The summed E-state index contributed by atoms with van der Waals surface area (Å²) in [5.41, 5.74) is 5.72. The molecule has 152 valence electrons. The number of unbranched alkanes of at least 4 members (excludes halogenated alkanes) is 1. The van der Waals surface area contributed by atoms with E-state index in [0.717, 1.165) is 50.2 Å². The van der Waals surface area contributed by atoms with E-state index in [2.05, 4.69) is 56.3 Å². The summed E-state index contributed by atoms with van der Waals surface area (Å²) >= 11 is 0. The van der Waals surface area contributed by atoms with Crippen LogP contribution in [0.5, 0.6) is 0 Å². The van der Waals surface area contributed by atoms with Gasteiger partial charge in [-0.1, -0.05) is 0 Å². The predicted octanol–water partition coefficient (Wildman–Crippen LogP) is 4.67. The molecule has 1 fully saturated rings. The molecule has 1 aliphatic rings. The topological polar surface area (TPSA) is 61.9 Å². The maximum Gasteiger partial charge on any atom is 0.0991 e. The fraction of sp³-hybridized carbons (Fsp3) is 0.320. The van der Waals surface area contributed by atoms with Gasteiger partial charge in [-0.05, 0) is 73.8 Å². The Morgan fingerprint density at radius 3 is 2.63 bits per heavy atom. The second kappa shape index (κ2) is 8.25. The van der Waals surface area contributed by atoms with Crippen LogP contribution in [0.4, 0.5) is 5.69 Å². The van der Waals surface area contributed by atoms with E-state index in [-0.39, 0.29) is 0 Å². The van der Waals surface area contributed by atoms with Gasteiger partial charge in [0.25, 0.3) is 0 Å². The SMILES string of the molecule is N#Cc1ccc2[nH]cc(CCCCN3CCN(c4ccc5[nH]ccc5c4)CC3)c2c1. The van der Waals surface area contributed by atoms with Crippen molar-refractivity contribution in [2.75, 3.05) is 37.6 Å². The predicted molar refractivity (Wildman–Crippen MR) is 123 cm³/mol. The molecule has 0 bridgehead atoms. The van der Waals surface area contributed by atoms with Gasteiger partial charge in [0.2, 0.25) is 0 Å². The number of hydrogen-bond acceptors (Lipinski definition) is 3. The molecule has 0 atom stereocenters. The molecule has 0 spiro atoms. The second-order valence-corrected chi connectivity index (χ2v) is 8.22. The lowest BCUT2D eigenvalue weighted by atomic mass is 10.1. The van der Waals surface area contributed by atoms with Gasteiger partial charge in [-0.3, -0.25) is 4.90 Å². The minimum atomic E-state index is 0.733. The van der Waals surface area contributed by atoms with E-state index in [4.69, 9.17) is 5.26 Å². The number of anilines is 1. The Kier molecular flexibility index (Phi) is 5.17. The largest absolute Gasteiger partial charge is 0.369 e. The molecule has 4 aromatic rings. The Bertz CT molecular complexity index is 1190. The summed E-state index contributed by atoms with van der Waals surface area (Å²) in [6.07, 6.45) is 7.55. The molecular formula is C25H27N5. The van der Waals surface area contributed by atoms with E-state index < -0.39 is 0 Å². The third-order valence-electron chi connectivity index (χ3n) is 6.34. The molecule has 0 saturated carbocycles. The van der Waals surface area contributed by atoms with Crippen LogP contribution >= 0.6 is 0 Å². The molecule has 2 aromatic heterocycles. The normalized spacial score (nSPS) is 15.1. The first kappa shape index (κ1) is 18.8. The van der Waals surface area contributed by atoms with Gasteiger partial charge in [-0.2, -0.15) is 5.26 Å². The Hall–Kier alpha value is -3.23. The summed E-state index contributed by atoms with van der Waals surface area (Å²) < 4.78 is 0. The minimum absolute atomic E-state index is 0.733. The van der Waals surface area contributed by atoms with Crippen molar-refractivity contribution in [3.8, 4) is 6.07 Å². The molecule has 2 N–H and O–H groups in total. The van der Waals surface area contributed by atoms with Crippen LogP contribution in [-0.4, -0.2) is 47.6 Å². The zero-order valence-electron chi connectivity index (χ0n) is 17.2. The number of fused-ring (bicyclic) bond motifs is 2. The van der Waals surface area contributed by atoms with E-state index >= 15 is 0 Å². The number of H-pyrrole nitrogens is 2. The number of rotatable bonds is 6. The van der Waals surface area contributed by atoms with Crippen LogP contribution in [0, 0.1) is 11.3 Å². The molecular weight excluding hydrogens is 370 g/mol. The van der Waals surface area contributed by atoms with Gasteiger partial charge in [0.15, 0.2) is 0 Å². The van der Waals surface area contributed by atoms with E-state index in [9.17, 15) is 0 Å². The second-order valence-electron chi connectivity index (χ2n) is 8.22. The molecule has 0 radical (unpaired) electrons. The van der Waals surface area contributed by atoms with Crippen LogP contribution in [0.2, 0.25) is 0 Å². The molecule has 1 saturated heterocycles. The van der Waals surface area contributed by atoms with E-state index in [0.29, 0.717) is 0 Å². The summed E-state index contributed by atoms with van der Waals surface area (Å²) in [5.74, 6) is 0. The van der Waals surface area contributed by atoms with Crippen LogP contribution < -0.4 is 4.90 Å². The van der Waals surface area contributed by atoms with Crippen molar-refractivity contribution in [3.05, 3.63) is 66.0 Å². The third-order valence-corrected chi connectivity index (χ3v) is 6.34. The van der Waals surface area contributed by atoms with Crippen LogP contribution in [0.3, 0.4) is 0 Å². The molecule has 0 unspecified atom stereocenters. The highest BCUT2D eigenvalue weighted by molar-refractivity contribution is 5.84. The summed E-state index contributed by atoms with van der Waals surface area (Å²) in [6.45, 7) is 5.61. The van der Waals surface area contributed by atoms with Crippen LogP contribution in [-0.2, 0) is 6.42 Å². The standard InChI is InChI=1S/C25H27N5/c26-17-19-4-6-25-23(15-19)21(18-28-25)3-1-2-10-29-11-13-30(14-12-29)22-5-7-24-20(16-22)8-9-27-24/h4-9,15-16,18,27-28H,1-3,10-14H2. The number of benzene rings is 2. The molecule has 1 aliphatic heterocycles. The van der Waals surface area contributed by atoms with Crippen molar-refractivity contribution in [3.63, 3.8) is 0 Å². The highest BCUT2D eigenvalue weighted by Gasteiger charge is 2.17. The van der Waals surface area contributed by atoms with E-state index in [1.807, 2.05) is 24.4 Å². The lowest BCUT2D eigenvalue weighted by Gasteiger charge is -2.36. The summed E-state index contributed by atoms with van der Waals surface area (Å²) in [6, 6.07) is 17.0. The van der Waals surface area contributed by atoms with Crippen molar-refractivity contribution in [1.82, 2.24) is 14.9 Å². The van der Waals surface area contributed by atoms with E-state index in [1.165, 1.54) is 40.4 Å².